The summed E-state index contributed by atoms with van der Waals surface area (Å²) < 4.78 is 8.00. The summed E-state index contributed by atoms with van der Waals surface area (Å²) in [5, 5.41) is 9.53. The molecule has 5 nitrogen and oxygen atoms in total. The quantitative estimate of drug-likeness (QED) is 0.871. The van der Waals surface area contributed by atoms with Crippen LogP contribution in [-0.4, -0.2) is 22.2 Å². The van der Waals surface area contributed by atoms with Crippen LogP contribution >= 0.6 is 15.9 Å². The largest absolute Gasteiger partial charge is 0.477 e. The number of hydrogen-bond donors (Lipinski definition) is 1. The predicted molar refractivity (Wildman–Crippen MR) is 72.5 cm³/mol. The van der Waals surface area contributed by atoms with Crippen LogP contribution in [0.25, 0.3) is 10.9 Å². The maximum atomic E-state index is 12.2. The molecule has 6 heteroatoms. The molecule has 1 N–H and O–H groups in total. The van der Waals surface area contributed by atoms with Gasteiger partial charge in [0, 0.05) is 28.2 Å². The van der Waals surface area contributed by atoms with Gasteiger partial charge < -0.3 is 14.4 Å². The summed E-state index contributed by atoms with van der Waals surface area (Å²) in [6, 6.07) is 3.56. The summed E-state index contributed by atoms with van der Waals surface area (Å²) >= 11 is 3.34. The van der Waals surface area contributed by atoms with Crippen molar-refractivity contribution in [3.63, 3.8) is 0 Å². The number of rotatable bonds is 1. The van der Waals surface area contributed by atoms with Gasteiger partial charge in [0.15, 0.2) is 0 Å². The van der Waals surface area contributed by atoms with Gasteiger partial charge in [-0.1, -0.05) is 15.9 Å². The number of carbonyl (C=O) groups is 1. The monoisotopic (exact) mass is 323 g/mol. The van der Waals surface area contributed by atoms with Crippen LogP contribution in [0, 0.1) is 0 Å². The van der Waals surface area contributed by atoms with Gasteiger partial charge in [0.1, 0.15) is 5.56 Å². The van der Waals surface area contributed by atoms with E-state index in [-0.39, 0.29) is 5.56 Å². The smallest absolute Gasteiger partial charge is 0.341 e. The summed E-state index contributed by atoms with van der Waals surface area (Å²) in [6.45, 7) is 1.44. The molecule has 0 amide bonds. The third kappa shape index (κ3) is 1.97. The lowest BCUT2D eigenvalue weighted by molar-refractivity contribution is 0.0694. The van der Waals surface area contributed by atoms with Crippen molar-refractivity contribution in [2.45, 2.75) is 13.2 Å². The highest BCUT2D eigenvalue weighted by atomic mass is 79.9. The molecule has 3 rings (SSSR count). The lowest BCUT2D eigenvalue weighted by atomic mass is 10.1. The molecule has 0 atom stereocenters. The van der Waals surface area contributed by atoms with Crippen molar-refractivity contribution in [1.82, 2.24) is 4.57 Å². The Morgan fingerprint density at radius 1 is 1.42 bits per heavy atom. The Labute approximate surface area is 116 Å². The maximum absolute atomic E-state index is 12.2. The molecule has 1 aliphatic heterocycles. The number of carboxylic acids is 1. The standard InChI is InChI=1S/C13H10BrNO4/c14-8-3-7-6-19-2-1-15-5-10(13(17)18)12(16)9(4-8)11(7)15/h3-5H,1-2,6H2,(H,17,18). The Balaban J connectivity index is 2.50. The van der Waals surface area contributed by atoms with Crippen molar-refractivity contribution in [2.75, 3.05) is 6.61 Å². The van der Waals surface area contributed by atoms with Crippen LogP contribution in [-0.2, 0) is 17.9 Å². The minimum Gasteiger partial charge on any atom is -0.477 e. The van der Waals surface area contributed by atoms with E-state index in [1.165, 1.54) is 6.20 Å². The average Bonchev–Trinajstić information content (AvgIpc) is 2.55. The minimum atomic E-state index is -1.21. The van der Waals surface area contributed by atoms with Crippen LogP contribution in [0.1, 0.15) is 15.9 Å². The normalized spacial score (nSPS) is 14.4. The number of ether oxygens (including phenoxy) is 1. The van der Waals surface area contributed by atoms with Crippen LogP contribution in [0.15, 0.2) is 27.6 Å². The van der Waals surface area contributed by atoms with Gasteiger partial charge in [-0.3, -0.25) is 4.79 Å². The predicted octanol–water partition coefficient (Wildman–Crippen LogP) is 1.99. The molecule has 98 valence electrons. The van der Waals surface area contributed by atoms with Crippen molar-refractivity contribution in [2.24, 2.45) is 0 Å². The Morgan fingerprint density at radius 2 is 2.21 bits per heavy atom. The number of benzene rings is 1. The first kappa shape index (κ1) is 12.4. The number of aromatic carboxylic acids is 1. The number of halogens is 1. The van der Waals surface area contributed by atoms with Gasteiger partial charge in [-0.25, -0.2) is 4.79 Å². The van der Waals surface area contributed by atoms with Gasteiger partial charge in [0.25, 0.3) is 0 Å². The highest BCUT2D eigenvalue weighted by molar-refractivity contribution is 9.10. The van der Waals surface area contributed by atoms with Crippen molar-refractivity contribution in [1.29, 1.82) is 0 Å². The topological polar surface area (TPSA) is 68.5 Å². The van der Waals surface area contributed by atoms with Crippen molar-refractivity contribution in [3.05, 3.63) is 44.2 Å². The number of pyridine rings is 1. The highest BCUT2D eigenvalue weighted by Gasteiger charge is 2.19. The van der Waals surface area contributed by atoms with Crippen molar-refractivity contribution < 1.29 is 14.6 Å². The summed E-state index contributed by atoms with van der Waals surface area (Å²) in [4.78, 5) is 23.4. The van der Waals surface area contributed by atoms with E-state index in [1.54, 1.807) is 10.6 Å². The second kappa shape index (κ2) is 4.47. The van der Waals surface area contributed by atoms with Crippen LogP contribution in [0.3, 0.4) is 0 Å². The number of carboxylic acid groups (broad SMARTS) is 1. The van der Waals surface area contributed by atoms with Crippen LogP contribution in [0.4, 0.5) is 0 Å². The second-order valence-electron chi connectivity index (χ2n) is 4.38. The fourth-order valence-electron chi connectivity index (χ4n) is 2.38. The van der Waals surface area contributed by atoms with Gasteiger partial charge in [-0.05, 0) is 12.1 Å². The highest BCUT2D eigenvalue weighted by Crippen LogP contribution is 2.25. The molecule has 0 unspecified atom stereocenters. The van der Waals surface area contributed by atoms with Gasteiger partial charge in [0.05, 0.1) is 18.7 Å². The molecular weight excluding hydrogens is 314 g/mol. The van der Waals surface area contributed by atoms with Crippen LogP contribution in [0.5, 0.6) is 0 Å². The SMILES string of the molecule is O=C(O)c1cn2c3c(cc(Br)cc3c1=O)COCC2. The summed E-state index contributed by atoms with van der Waals surface area (Å²) in [7, 11) is 0. The lowest BCUT2D eigenvalue weighted by Crippen LogP contribution is -2.19. The average molecular weight is 324 g/mol. The first-order valence-electron chi connectivity index (χ1n) is 5.74. The fourth-order valence-corrected chi connectivity index (χ4v) is 2.88. The third-order valence-electron chi connectivity index (χ3n) is 3.18. The van der Waals surface area contributed by atoms with E-state index in [2.05, 4.69) is 15.9 Å². The van der Waals surface area contributed by atoms with E-state index in [0.29, 0.717) is 25.1 Å². The number of hydrogen-bond acceptors (Lipinski definition) is 3. The third-order valence-corrected chi connectivity index (χ3v) is 3.64. The second-order valence-corrected chi connectivity index (χ2v) is 5.30. The van der Waals surface area contributed by atoms with E-state index in [1.807, 2.05) is 6.07 Å². The van der Waals surface area contributed by atoms with E-state index >= 15 is 0 Å². The first-order chi connectivity index (χ1) is 9.08. The van der Waals surface area contributed by atoms with Gasteiger partial charge in [-0.15, -0.1) is 0 Å². The number of aromatic nitrogens is 1. The Kier molecular flexibility index (Phi) is 2.91. The minimum absolute atomic E-state index is 0.210. The van der Waals surface area contributed by atoms with Gasteiger partial charge >= 0.3 is 5.97 Å². The summed E-state index contributed by atoms with van der Waals surface area (Å²) in [6.07, 6.45) is 1.40. The number of nitrogens with zero attached hydrogens (tertiary/aromatic N) is 1. The van der Waals surface area contributed by atoms with Crippen molar-refractivity contribution >= 4 is 32.8 Å². The zero-order chi connectivity index (χ0) is 13.6. The fraction of sp³-hybridized carbons (Fsp3) is 0.231. The Hall–Kier alpha value is -1.66. The van der Waals surface area contributed by atoms with Crippen LogP contribution < -0.4 is 5.43 Å². The van der Waals surface area contributed by atoms with E-state index in [9.17, 15) is 9.59 Å². The Bertz CT molecular complexity index is 750. The lowest BCUT2D eigenvalue weighted by Gasteiger charge is -2.11. The molecule has 0 spiro atoms. The molecule has 0 aliphatic carbocycles. The first-order valence-corrected chi connectivity index (χ1v) is 6.54. The van der Waals surface area contributed by atoms with E-state index in [0.717, 1.165) is 15.6 Å². The van der Waals surface area contributed by atoms with Gasteiger partial charge in [-0.2, -0.15) is 0 Å². The molecule has 0 saturated heterocycles. The molecule has 19 heavy (non-hydrogen) atoms. The molecule has 0 radical (unpaired) electrons. The van der Waals surface area contributed by atoms with Crippen LogP contribution in [0.2, 0.25) is 0 Å². The molecule has 2 aromatic rings. The molecule has 0 saturated carbocycles. The van der Waals surface area contributed by atoms with E-state index in [4.69, 9.17) is 9.84 Å². The van der Waals surface area contributed by atoms with Gasteiger partial charge in [0.2, 0.25) is 5.43 Å². The summed E-state index contributed by atoms with van der Waals surface area (Å²) in [5.41, 5.74) is 0.980. The molecule has 0 fully saturated rings. The zero-order valence-corrected chi connectivity index (χ0v) is 11.4. The molecule has 1 aliphatic rings. The molecule has 1 aromatic carbocycles. The molecular formula is C13H10BrNO4. The Morgan fingerprint density at radius 3 is 2.95 bits per heavy atom. The summed E-state index contributed by atoms with van der Waals surface area (Å²) in [5.74, 6) is -1.21. The zero-order valence-electron chi connectivity index (χ0n) is 9.85. The molecule has 2 heterocycles. The van der Waals surface area contributed by atoms with E-state index < -0.39 is 11.4 Å². The molecule has 0 bridgehead atoms. The van der Waals surface area contributed by atoms with Crippen molar-refractivity contribution in [3.8, 4) is 0 Å². The maximum Gasteiger partial charge on any atom is 0.341 e. The molecule has 1 aromatic heterocycles.